The van der Waals surface area contributed by atoms with Crippen molar-refractivity contribution in [1.82, 2.24) is 10.3 Å². The molecule has 0 aliphatic rings. The zero-order valence-electron chi connectivity index (χ0n) is 10.4. The Morgan fingerprint density at radius 1 is 1.50 bits per heavy atom. The Morgan fingerprint density at radius 3 is 2.89 bits per heavy atom. The molecule has 3 N–H and O–H groups in total. The zero-order valence-corrected chi connectivity index (χ0v) is 11.2. The lowest BCUT2D eigenvalue weighted by molar-refractivity contribution is 0.0952. The second-order valence-electron chi connectivity index (χ2n) is 4.12. The van der Waals surface area contributed by atoms with E-state index in [0.717, 1.165) is 10.6 Å². The van der Waals surface area contributed by atoms with Gasteiger partial charge in [0.1, 0.15) is 0 Å². The predicted octanol–water partition coefficient (Wildman–Crippen LogP) is 2.27. The molecule has 0 bridgehead atoms. The number of rotatable bonds is 3. The number of amides is 1. The third-order valence-electron chi connectivity index (χ3n) is 2.69. The smallest absolute Gasteiger partial charge is 0.255 e. The molecule has 18 heavy (non-hydrogen) atoms. The standard InChI is InChI=1S/C13H15N3OS/c1-8-3-4-18-12(8)7-16-13(17)10-6-15-9(2)5-11(10)14/h3-6H,7H2,1-2H3,(H2,14,15)(H,16,17). The number of nitrogen functional groups attached to an aromatic ring is 1. The molecular weight excluding hydrogens is 246 g/mol. The lowest BCUT2D eigenvalue weighted by atomic mass is 10.2. The quantitative estimate of drug-likeness (QED) is 0.890. The minimum absolute atomic E-state index is 0.187. The van der Waals surface area contributed by atoms with Crippen LogP contribution in [0.4, 0.5) is 5.69 Å². The molecule has 4 nitrogen and oxygen atoms in total. The lowest BCUT2D eigenvalue weighted by Crippen LogP contribution is -2.24. The summed E-state index contributed by atoms with van der Waals surface area (Å²) in [5, 5.41) is 4.87. The summed E-state index contributed by atoms with van der Waals surface area (Å²) in [5.74, 6) is -0.187. The highest BCUT2D eigenvalue weighted by molar-refractivity contribution is 7.10. The van der Waals surface area contributed by atoms with Gasteiger partial charge in [-0.25, -0.2) is 0 Å². The lowest BCUT2D eigenvalue weighted by Gasteiger charge is -2.07. The average molecular weight is 261 g/mol. The molecule has 0 aliphatic carbocycles. The minimum atomic E-state index is -0.187. The minimum Gasteiger partial charge on any atom is -0.398 e. The Morgan fingerprint density at radius 2 is 2.28 bits per heavy atom. The Hall–Kier alpha value is -1.88. The highest BCUT2D eigenvalue weighted by atomic mass is 32.1. The van der Waals surface area contributed by atoms with Gasteiger partial charge in [-0.05, 0) is 36.9 Å². The molecule has 2 aromatic heterocycles. The van der Waals surface area contributed by atoms with Crippen LogP contribution in [0.1, 0.15) is 26.5 Å². The van der Waals surface area contributed by atoms with Crippen LogP contribution in [-0.4, -0.2) is 10.9 Å². The van der Waals surface area contributed by atoms with Gasteiger partial charge in [-0.3, -0.25) is 9.78 Å². The molecule has 2 rings (SSSR count). The van der Waals surface area contributed by atoms with E-state index in [0.29, 0.717) is 17.8 Å². The maximum Gasteiger partial charge on any atom is 0.255 e. The molecule has 1 amide bonds. The van der Waals surface area contributed by atoms with Gasteiger partial charge in [0.25, 0.3) is 5.91 Å². The summed E-state index contributed by atoms with van der Waals surface area (Å²) in [4.78, 5) is 17.2. The van der Waals surface area contributed by atoms with Crippen molar-refractivity contribution in [3.63, 3.8) is 0 Å². The number of aryl methyl sites for hydroxylation is 2. The van der Waals surface area contributed by atoms with Gasteiger partial charge in [-0.2, -0.15) is 0 Å². The van der Waals surface area contributed by atoms with E-state index in [1.54, 1.807) is 17.4 Å². The van der Waals surface area contributed by atoms with Crippen molar-refractivity contribution in [1.29, 1.82) is 0 Å². The summed E-state index contributed by atoms with van der Waals surface area (Å²) in [6.07, 6.45) is 1.52. The Bertz CT molecular complexity index is 577. The zero-order chi connectivity index (χ0) is 13.1. The van der Waals surface area contributed by atoms with Gasteiger partial charge in [0.05, 0.1) is 12.1 Å². The number of hydrogen-bond donors (Lipinski definition) is 2. The first-order valence-corrected chi connectivity index (χ1v) is 6.49. The van der Waals surface area contributed by atoms with E-state index in [2.05, 4.69) is 10.3 Å². The third kappa shape index (κ3) is 2.68. The summed E-state index contributed by atoms with van der Waals surface area (Å²) < 4.78 is 0. The molecule has 0 fully saturated rings. The molecule has 0 atom stereocenters. The van der Waals surface area contributed by atoms with Gasteiger partial charge in [-0.1, -0.05) is 0 Å². The molecule has 0 spiro atoms. The summed E-state index contributed by atoms with van der Waals surface area (Å²) in [7, 11) is 0. The molecule has 0 saturated heterocycles. The predicted molar refractivity (Wildman–Crippen MR) is 73.6 cm³/mol. The molecular formula is C13H15N3OS. The van der Waals surface area contributed by atoms with Gasteiger partial charge in [0.15, 0.2) is 0 Å². The van der Waals surface area contributed by atoms with Crippen LogP contribution in [0.3, 0.4) is 0 Å². The summed E-state index contributed by atoms with van der Waals surface area (Å²) in [6, 6.07) is 3.74. The van der Waals surface area contributed by atoms with Gasteiger partial charge >= 0.3 is 0 Å². The third-order valence-corrected chi connectivity index (χ3v) is 3.72. The monoisotopic (exact) mass is 261 g/mol. The van der Waals surface area contributed by atoms with Crippen LogP contribution in [0.2, 0.25) is 0 Å². The average Bonchev–Trinajstić information content (AvgIpc) is 2.72. The number of hydrogen-bond acceptors (Lipinski definition) is 4. The second-order valence-corrected chi connectivity index (χ2v) is 5.12. The number of pyridine rings is 1. The van der Waals surface area contributed by atoms with Crippen LogP contribution < -0.4 is 11.1 Å². The van der Waals surface area contributed by atoms with Crippen molar-refractivity contribution >= 4 is 22.9 Å². The Kier molecular flexibility index (Phi) is 3.62. The molecule has 94 valence electrons. The van der Waals surface area contributed by atoms with E-state index in [1.807, 2.05) is 25.3 Å². The summed E-state index contributed by atoms with van der Waals surface area (Å²) >= 11 is 1.63. The molecule has 5 heteroatoms. The number of nitrogens with one attached hydrogen (secondary N) is 1. The number of thiophene rings is 1. The van der Waals surface area contributed by atoms with Crippen molar-refractivity contribution in [3.8, 4) is 0 Å². The Labute approximate surface area is 110 Å². The maximum absolute atomic E-state index is 12.0. The number of nitrogens with two attached hydrogens (primary N) is 1. The van der Waals surface area contributed by atoms with E-state index >= 15 is 0 Å². The van der Waals surface area contributed by atoms with Crippen LogP contribution in [0.5, 0.6) is 0 Å². The topological polar surface area (TPSA) is 68.0 Å². The van der Waals surface area contributed by atoms with Crippen molar-refractivity contribution in [3.05, 3.63) is 45.4 Å². The molecule has 2 aromatic rings. The molecule has 0 saturated carbocycles. The fraction of sp³-hybridized carbons (Fsp3) is 0.231. The number of anilines is 1. The first-order chi connectivity index (χ1) is 8.58. The van der Waals surface area contributed by atoms with E-state index in [4.69, 9.17) is 5.73 Å². The maximum atomic E-state index is 12.0. The van der Waals surface area contributed by atoms with E-state index < -0.39 is 0 Å². The van der Waals surface area contributed by atoms with E-state index in [1.165, 1.54) is 11.8 Å². The molecule has 0 radical (unpaired) electrons. The highest BCUT2D eigenvalue weighted by Gasteiger charge is 2.10. The fourth-order valence-electron chi connectivity index (χ4n) is 1.61. The van der Waals surface area contributed by atoms with Crippen molar-refractivity contribution < 1.29 is 4.79 Å². The number of carbonyl (C=O) groups is 1. The number of aromatic nitrogens is 1. The van der Waals surface area contributed by atoms with Crippen molar-refractivity contribution in [2.75, 3.05) is 5.73 Å². The molecule has 0 aromatic carbocycles. The van der Waals surface area contributed by atoms with Crippen LogP contribution >= 0.6 is 11.3 Å². The van der Waals surface area contributed by atoms with Crippen LogP contribution in [0.15, 0.2) is 23.7 Å². The largest absolute Gasteiger partial charge is 0.398 e. The number of nitrogens with zero attached hydrogens (tertiary/aromatic N) is 1. The first kappa shape index (κ1) is 12.6. The Balaban J connectivity index is 2.06. The second kappa shape index (κ2) is 5.18. The normalized spacial score (nSPS) is 10.3. The van der Waals surface area contributed by atoms with Crippen LogP contribution in [0.25, 0.3) is 0 Å². The van der Waals surface area contributed by atoms with Crippen LogP contribution in [0, 0.1) is 13.8 Å². The van der Waals surface area contributed by atoms with Crippen LogP contribution in [-0.2, 0) is 6.54 Å². The highest BCUT2D eigenvalue weighted by Crippen LogP contribution is 2.16. The van der Waals surface area contributed by atoms with E-state index in [9.17, 15) is 4.79 Å². The molecule has 0 aliphatic heterocycles. The van der Waals surface area contributed by atoms with Gasteiger partial charge in [0, 0.05) is 22.5 Å². The fourth-order valence-corrected chi connectivity index (χ4v) is 2.46. The van der Waals surface area contributed by atoms with Crippen molar-refractivity contribution in [2.45, 2.75) is 20.4 Å². The van der Waals surface area contributed by atoms with Gasteiger partial charge < -0.3 is 11.1 Å². The molecule has 2 heterocycles. The van der Waals surface area contributed by atoms with Gasteiger partial charge in [-0.15, -0.1) is 11.3 Å². The molecule has 0 unspecified atom stereocenters. The van der Waals surface area contributed by atoms with Crippen molar-refractivity contribution in [2.24, 2.45) is 0 Å². The first-order valence-electron chi connectivity index (χ1n) is 5.61. The SMILES string of the molecule is Cc1cc(N)c(C(=O)NCc2sccc2C)cn1. The number of carbonyl (C=O) groups excluding carboxylic acids is 1. The summed E-state index contributed by atoms with van der Waals surface area (Å²) in [5.41, 5.74) is 8.68. The van der Waals surface area contributed by atoms with Gasteiger partial charge in [0.2, 0.25) is 0 Å². The summed E-state index contributed by atoms with van der Waals surface area (Å²) in [6.45, 7) is 4.39. The van der Waals surface area contributed by atoms with E-state index in [-0.39, 0.29) is 5.91 Å².